The van der Waals surface area contributed by atoms with Crippen LogP contribution in [-0.4, -0.2) is 0 Å². The average Bonchev–Trinajstić information content (AvgIpc) is 2.06. The van der Waals surface area contributed by atoms with E-state index in [1.54, 1.807) is 19.1 Å². The van der Waals surface area contributed by atoms with E-state index in [1.165, 1.54) is 0 Å². The summed E-state index contributed by atoms with van der Waals surface area (Å²) in [6, 6.07) is 9.05. The van der Waals surface area contributed by atoms with Gasteiger partial charge in [-0.25, -0.2) is 0 Å². The van der Waals surface area contributed by atoms with Crippen molar-refractivity contribution in [2.75, 3.05) is 0 Å². The molecule has 0 aliphatic heterocycles. The molecule has 11 heavy (non-hydrogen) atoms. The maximum atomic E-state index is 10.2. The number of hydrogen-bond donors (Lipinski definition) is 0. The monoisotopic (exact) mass is 169 g/mol. The van der Waals surface area contributed by atoms with Gasteiger partial charge in [-0.15, -0.1) is 4.91 Å². The van der Waals surface area contributed by atoms with Crippen molar-refractivity contribution in [3.8, 4) is 0 Å². The fourth-order valence-electron chi connectivity index (χ4n) is 0.795. The van der Waals surface area contributed by atoms with Crippen LogP contribution in [0.3, 0.4) is 0 Å². The number of alkyl halides is 1. The van der Waals surface area contributed by atoms with Crippen LogP contribution in [0.25, 0.3) is 0 Å². The van der Waals surface area contributed by atoms with Gasteiger partial charge < -0.3 is 0 Å². The van der Waals surface area contributed by atoms with Crippen molar-refractivity contribution in [2.24, 2.45) is 5.18 Å². The van der Waals surface area contributed by atoms with Crippen molar-refractivity contribution in [3.63, 3.8) is 0 Å². The maximum absolute atomic E-state index is 10.2. The lowest BCUT2D eigenvalue weighted by Crippen LogP contribution is -2.08. The van der Waals surface area contributed by atoms with Crippen LogP contribution in [0.1, 0.15) is 12.5 Å². The van der Waals surface area contributed by atoms with Gasteiger partial charge in [0.05, 0.1) is 0 Å². The maximum Gasteiger partial charge on any atom is 0.197 e. The van der Waals surface area contributed by atoms with Crippen molar-refractivity contribution in [1.29, 1.82) is 0 Å². The van der Waals surface area contributed by atoms with E-state index in [0.717, 1.165) is 5.56 Å². The molecule has 0 spiro atoms. The van der Waals surface area contributed by atoms with Crippen molar-refractivity contribution in [2.45, 2.75) is 11.9 Å². The summed E-state index contributed by atoms with van der Waals surface area (Å²) in [6.45, 7) is 1.57. The highest BCUT2D eigenvalue weighted by Gasteiger charge is 2.23. The first-order valence-electron chi connectivity index (χ1n) is 3.26. The lowest BCUT2D eigenvalue weighted by molar-refractivity contribution is 0.716. The zero-order valence-corrected chi connectivity index (χ0v) is 6.88. The Hall–Kier alpha value is -0.890. The SMILES string of the molecule is CC(Cl)(N=O)c1ccccc1. The van der Waals surface area contributed by atoms with E-state index in [-0.39, 0.29) is 0 Å². The summed E-state index contributed by atoms with van der Waals surface area (Å²) in [4.78, 5) is 9.12. The van der Waals surface area contributed by atoms with E-state index in [4.69, 9.17) is 11.6 Å². The predicted octanol–water partition coefficient (Wildman–Crippen LogP) is 2.86. The molecule has 0 aromatic heterocycles. The number of hydrogen-bond acceptors (Lipinski definition) is 2. The molecule has 1 rings (SSSR count). The molecule has 0 N–H and O–H groups in total. The highest BCUT2D eigenvalue weighted by molar-refractivity contribution is 6.23. The van der Waals surface area contributed by atoms with Gasteiger partial charge in [0.2, 0.25) is 0 Å². The topological polar surface area (TPSA) is 29.4 Å². The third kappa shape index (κ3) is 1.77. The Balaban J connectivity index is 3.02. The summed E-state index contributed by atoms with van der Waals surface area (Å²) in [6.07, 6.45) is 0. The summed E-state index contributed by atoms with van der Waals surface area (Å²) in [5.41, 5.74) is 0.719. The van der Waals surface area contributed by atoms with Gasteiger partial charge in [0.15, 0.2) is 5.00 Å². The van der Waals surface area contributed by atoms with Gasteiger partial charge in [-0.2, -0.15) is 0 Å². The zero-order valence-electron chi connectivity index (χ0n) is 6.12. The third-order valence-corrected chi connectivity index (χ3v) is 1.76. The standard InChI is InChI=1S/C8H8ClNO/c1-8(9,10-11)7-5-3-2-4-6-7/h2-6H,1H3. The minimum Gasteiger partial charge on any atom is -0.149 e. The van der Waals surface area contributed by atoms with E-state index in [0.29, 0.717) is 0 Å². The second-order valence-electron chi connectivity index (χ2n) is 2.41. The quantitative estimate of drug-likeness (QED) is 0.380. The first-order chi connectivity index (χ1) is 5.17. The summed E-state index contributed by atoms with van der Waals surface area (Å²) >= 11 is 5.77. The van der Waals surface area contributed by atoms with Crippen molar-refractivity contribution < 1.29 is 0 Å². The van der Waals surface area contributed by atoms with Gasteiger partial charge in [0.25, 0.3) is 0 Å². The Morgan fingerprint density at radius 2 is 1.91 bits per heavy atom. The summed E-state index contributed by atoms with van der Waals surface area (Å²) in [5, 5.41) is 2.81. The van der Waals surface area contributed by atoms with Crippen LogP contribution < -0.4 is 0 Å². The van der Waals surface area contributed by atoms with Gasteiger partial charge in [0, 0.05) is 0 Å². The second-order valence-corrected chi connectivity index (χ2v) is 3.15. The molecule has 0 aliphatic carbocycles. The predicted molar refractivity (Wildman–Crippen MR) is 45.4 cm³/mol. The van der Waals surface area contributed by atoms with E-state index in [9.17, 15) is 4.91 Å². The zero-order chi connectivity index (χ0) is 8.32. The first kappa shape index (κ1) is 8.21. The molecule has 0 aliphatic rings. The van der Waals surface area contributed by atoms with Gasteiger partial charge >= 0.3 is 0 Å². The molecule has 2 nitrogen and oxygen atoms in total. The number of nitroso groups, excluding NO2 is 1. The fraction of sp³-hybridized carbons (Fsp3) is 0.250. The number of benzene rings is 1. The molecular weight excluding hydrogens is 162 g/mol. The smallest absolute Gasteiger partial charge is 0.149 e. The van der Waals surface area contributed by atoms with Crippen LogP contribution in [0.4, 0.5) is 0 Å². The molecule has 0 amide bonds. The van der Waals surface area contributed by atoms with Crippen LogP contribution in [-0.2, 0) is 5.00 Å². The molecular formula is C8H8ClNO. The second kappa shape index (κ2) is 3.01. The molecule has 0 fully saturated rings. The lowest BCUT2D eigenvalue weighted by Gasteiger charge is -2.11. The molecule has 58 valence electrons. The van der Waals surface area contributed by atoms with E-state index < -0.39 is 5.00 Å². The normalized spacial score (nSPS) is 15.5. The van der Waals surface area contributed by atoms with Gasteiger partial charge in [0.1, 0.15) is 0 Å². The lowest BCUT2D eigenvalue weighted by atomic mass is 10.1. The summed E-state index contributed by atoms with van der Waals surface area (Å²) in [5.74, 6) is 0. The molecule has 1 unspecified atom stereocenters. The van der Waals surface area contributed by atoms with Crippen LogP contribution in [0.15, 0.2) is 35.5 Å². The van der Waals surface area contributed by atoms with Gasteiger partial charge in [-0.1, -0.05) is 41.9 Å². The number of halogens is 1. The minimum atomic E-state index is -1.12. The van der Waals surface area contributed by atoms with Crippen LogP contribution in [0, 0.1) is 4.91 Å². The Labute approximate surface area is 70.2 Å². The molecule has 0 bridgehead atoms. The Morgan fingerprint density at radius 1 is 1.36 bits per heavy atom. The molecule has 0 radical (unpaired) electrons. The largest absolute Gasteiger partial charge is 0.197 e. The van der Waals surface area contributed by atoms with Crippen LogP contribution in [0.5, 0.6) is 0 Å². The minimum absolute atomic E-state index is 0.719. The molecule has 0 saturated heterocycles. The van der Waals surface area contributed by atoms with Crippen LogP contribution >= 0.6 is 11.6 Å². The van der Waals surface area contributed by atoms with E-state index in [1.807, 2.05) is 18.2 Å². The average molecular weight is 170 g/mol. The summed E-state index contributed by atoms with van der Waals surface area (Å²) < 4.78 is 0. The molecule has 0 heterocycles. The highest BCUT2D eigenvalue weighted by atomic mass is 35.5. The Bertz CT molecular complexity index is 246. The van der Waals surface area contributed by atoms with Crippen molar-refractivity contribution >= 4 is 11.6 Å². The first-order valence-corrected chi connectivity index (χ1v) is 3.63. The number of nitrogens with zero attached hydrogens (tertiary/aromatic N) is 1. The van der Waals surface area contributed by atoms with Gasteiger partial charge in [-0.05, 0) is 17.7 Å². The van der Waals surface area contributed by atoms with Crippen molar-refractivity contribution in [1.82, 2.24) is 0 Å². The third-order valence-electron chi connectivity index (χ3n) is 1.47. The molecule has 1 aromatic carbocycles. The molecule has 3 heteroatoms. The van der Waals surface area contributed by atoms with Crippen molar-refractivity contribution in [3.05, 3.63) is 40.8 Å². The molecule has 0 saturated carbocycles. The molecule has 1 atom stereocenters. The van der Waals surface area contributed by atoms with Crippen LogP contribution in [0.2, 0.25) is 0 Å². The van der Waals surface area contributed by atoms with E-state index >= 15 is 0 Å². The van der Waals surface area contributed by atoms with E-state index in [2.05, 4.69) is 5.18 Å². The fourth-order valence-corrected chi connectivity index (χ4v) is 0.921. The highest BCUT2D eigenvalue weighted by Crippen LogP contribution is 2.28. The summed E-state index contributed by atoms with van der Waals surface area (Å²) in [7, 11) is 0. The Morgan fingerprint density at radius 3 is 2.36 bits per heavy atom. The Kier molecular flexibility index (Phi) is 2.25. The molecule has 1 aromatic rings. The van der Waals surface area contributed by atoms with Gasteiger partial charge in [-0.3, -0.25) is 0 Å². The number of rotatable bonds is 2.